The molecule has 0 spiro atoms. The summed E-state index contributed by atoms with van der Waals surface area (Å²) in [4.78, 5) is 30.5. The number of guanidine groups is 1. The van der Waals surface area contributed by atoms with Crippen molar-refractivity contribution in [3.63, 3.8) is 0 Å². The molecule has 30 heavy (non-hydrogen) atoms. The summed E-state index contributed by atoms with van der Waals surface area (Å²) in [7, 11) is 1.76. The average Bonchev–Trinajstić information content (AvgIpc) is 2.77. The molecule has 1 saturated heterocycles. The molecule has 3 rings (SSSR count). The Morgan fingerprint density at radius 2 is 1.97 bits per heavy atom. The lowest BCUT2D eigenvalue weighted by atomic mass is 9.98. The van der Waals surface area contributed by atoms with Gasteiger partial charge in [-0.15, -0.1) is 0 Å². The molecule has 1 N–H and O–H groups in total. The number of nitrogens with one attached hydrogen (secondary N) is 1. The predicted octanol–water partition coefficient (Wildman–Crippen LogP) is 2.25. The summed E-state index contributed by atoms with van der Waals surface area (Å²) in [5.74, 6) is 0.576. The van der Waals surface area contributed by atoms with Gasteiger partial charge in [0.15, 0.2) is 5.96 Å². The number of hydrogen-bond donors (Lipinski definition) is 1. The van der Waals surface area contributed by atoms with Gasteiger partial charge in [0.25, 0.3) is 5.56 Å². The number of carbonyl (C=O) groups is 1. The van der Waals surface area contributed by atoms with E-state index in [1.54, 1.807) is 29.9 Å². The molecule has 1 aliphatic rings. The van der Waals surface area contributed by atoms with Crippen LogP contribution in [0.4, 0.5) is 0 Å². The van der Waals surface area contributed by atoms with Gasteiger partial charge in [-0.25, -0.2) is 0 Å². The third-order valence-corrected chi connectivity index (χ3v) is 5.28. The molecule has 1 aromatic carbocycles. The number of carbonyl (C=O) groups excluding carboxylic acids is 1. The summed E-state index contributed by atoms with van der Waals surface area (Å²) in [6.07, 6.45) is 3.60. The maximum Gasteiger partial charge on any atom is 0.310 e. The van der Waals surface area contributed by atoms with Gasteiger partial charge in [-0.2, -0.15) is 0 Å². The zero-order chi connectivity index (χ0) is 21.3. The SMILES string of the molecule is CCOC(=O)C1CCCN(C(=NC)NCc2ccc(Cn3ccccc3=O)cc2)C1. The molecule has 7 nitrogen and oxygen atoms in total. The van der Waals surface area contributed by atoms with Crippen LogP contribution in [0.25, 0.3) is 0 Å². The van der Waals surface area contributed by atoms with E-state index in [1.165, 1.54) is 0 Å². The van der Waals surface area contributed by atoms with Crippen LogP contribution >= 0.6 is 0 Å². The molecule has 0 aliphatic carbocycles. The third kappa shape index (κ3) is 5.72. The quantitative estimate of drug-likeness (QED) is 0.449. The van der Waals surface area contributed by atoms with Crippen molar-refractivity contribution in [1.82, 2.24) is 14.8 Å². The Morgan fingerprint density at radius 1 is 1.20 bits per heavy atom. The van der Waals surface area contributed by atoms with E-state index >= 15 is 0 Å². The number of benzene rings is 1. The van der Waals surface area contributed by atoms with Gasteiger partial charge in [-0.05, 0) is 37.0 Å². The summed E-state index contributed by atoms with van der Waals surface area (Å²) < 4.78 is 6.87. The molecular weight excluding hydrogens is 380 g/mol. The summed E-state index contributed by atoms with van der Waals surface area (Å²) in [6, 6.07) is 13.4. The first-order valence-corrected chi connectivity index (χ1v) is 10.5. The number of aliphatic imine (C=N–C) groups is 1. The number of esters is 1. The summed E-state index contributed by atoms with van der Waals surface area (Å²) in [6.45, 7) is 4.94. The van der Waals surface area contributed by atoms with E-state index < -0.39 is 0 Å². The van der Waals surface area contributed by atoms with Crippen molar-refractivity contribution in [2.45, 2.75) is 32.9 Å². The Kier molecular flexibility index (Phi) is 7.65. The molecular formula is C23H30N4O3. The average molecular weight is 411 g/mol. The van der Waals surface area contributed by atoms with Crippen LogP contribution in [0.1, 0.15) is 30.9 Å². The summed E-state index contributed by atoms with van der Waals surface area (Å²) in [5.41, 5.74) is 2.19. The second-order valence-electron chi connectivity index (χ2n) is 7.42. The number of ether oxygens (including phenoxy) is 1. The molecule has 2 heterocycles. The number of hydrogen-bond acceptors (Lipinski definition) is 4. The zero-order valence-electron chi connectivity index (χ0n) is 17.7. The first kappa shape index (κ1) is 21.6. The largest absolute Gasteiger partial charge is 0.466 e. The highest BCUT2D eigenvalue weighted by Crippen LogP contribution is 2.18. The van der Waals surface area contributed by atoms with Crippen LogP contribution in [0.15, 0.2) is 58.4 Å². The topological polar surface area (TPSA) is 75.9 Å². The van der Waals surface area contributed by atoms with Crippen molar-refractivity contribution in [2.24, 2.45) is 10.9 Å². The Bertz CT molecular complexity index is 921. The highest BCUT2D eigenvalue weighted by molar-refractivity contribution is 5.81. The minimum atomic E-state index is -0.120. The second kappa shape index (κ2) is 10.6. The number of pyridine rings is 1. The van der Waals surface area contributed by atoms with E-state index in [0.717, 1.165) is 36.5 Å². The molecule has 1 atom stereocenters. The molecule has 0 radical (unpaired) electrons. The van der Waals surface area contributed by atoms with Crippen molar-refractivity contribution < 1.29 is 9.53 Å². The highest BCUT2D eigenvalue weighted by atomic mass is 16.5. The van der Waals surface area contributed by atoms with E-state index in [4.69, 9.17) is 4.74 Å². The van der Waals surface area contributed by atoms with Crippen molar-refractivity contribution in [1.29, 1.82) is 0 Å². The monoisotopic (exact) mass is 410 g/mol. The van der Waals surface area contributed by atoms with Crippen molar-refractivity contribution in [3.8, 4) is 0 Å². The molecule has 1 fully saturated rings. The lowest BCUT2D eigenvalue weighted by Gasteiger charge is -2.34. The van der Waals surface area contributed by atoms with Gasteiger partial charge in [-0.3, -0.25) is 14.6 Å². The van der Waals surface area contributed by atoms with E-state index in [0.29, 0.717) is 26.2 Å². The maximum absolute atomic E-state index is 12.1. The molecule has 1 unspecified atom stereocenters. The lowest BCUT2D eigenvalue weighted by molar-refractivity contribution is -0.149. The minimum Gasteiger partial charge on any atom is -0.466 e. The van der Waals surface area contributed by atoms with Crippen LogP contribution in [0.3, 0.4) is 0 Å². The fourth-order valence-electron chi connectivity index (χ4n) is 3.69. The van der Waals surface area contributed by atoms with Crippen LogP contribution in [0, 0.1) is 5.92 Å². The first-order chi connectivity index (χ1) is 14.6. The van der Waals surface area contributed by atoms with Gasteiger partial charge in [0.2, 0.25) is 0 Å². The van der Waals surface area contributed by atoms with Gasteiger partial charge < -0.3 is 19.5 Å². The van der Waals surface area contributed by atoms with Gasteiger partial charge >= 0.3 is 5.97 Å². The fourth-order valence-corrected chi connectivity index (χ4v) is 3.69. The minimum absolute atomic E-state index is 0.00491. The molecule has 1 aromatic heterocycles. The summed E-state index contributed by atoms with van der Waals surface area (Å²) in [5, 5.41) is 3.39. The third-order valence-electron chi connectivity index (χ3n) is 5.28. The normalized spacial score (nSPS) is 16.9. The van der Waals surface area contributed by atoms with Crippen LogP contribution in [0.5, 0.6) is 0 Å². The Labute approximate surface area is 177 Å². The Balaban J connectivity index is 1.55. The van der Waals surface area contributed by atoms with Crippen molar-refractivity contribution in [3.05, 3.63) is 70.1 Å². The van der Waals surface area contributed by atoms with E-state index in [2.05, 4.69) is 27.3 Å². The summed E-state index contributed by atoms with van der Waals surface area (Å²) >= 11 is 0. The molecule has 160 valence electrons. The maximum atomic E-state index is 12.1. The number of aromatic nitrogens is 1. The molecule has 1 aliphatic heterocycles. The van der Waals surface area contributed by atoms with Gasteiger partial charge in [0.05, 0.1) is 19.1 Å². The van der Waals surface area contributed by atoms with Crippen molar-refractivity contribution in [2.75, 3.05) is 26.7 Å². The number of rotatable bonds is 6. The fraction of sp³-hybridized carbons (Fsp3) is 0.435. The van der Waals surface area contributed by atoms with E-state index in [9.17, 15) is 9.59 Å². The molecule has 0 amide bonds. The first-order valence-electron chi connectivity index (χ1n) is 10.5. The van der Waals surface area contributed by atoms with Crippen molar-refractivity contribution >= 4 is 11.9 Å². The molecule has 7 heteroatoms. The number of likely N-dealkylation sites (tertiary alicyclic amines) is 1. The predicted molar refractivity (Wildman–Crippen MR) is 117 cm³/mol. The van der Waals surface area contributed by atoms with Crippen LogP contribution < -0.4 is 10.9 Å². The highest BCUT2D eigenvalue weighted by Gasteiger charge is 2.28. The Hall–Kier alpha value is -3.09. The van der Waals surface area contributed by atoms with Crippen LogP contribution in [-0.2, 0) is 22.6 Å². The second-order valence-corrected chi connectivity index (χ2v) is 7.42. The van der Waals surface area contributed by atoms with Gasteiger partial charge in [0.1, 0.15) is 0 Å². The molecule has 2 aromatic rings. The van der Waals surface area contributed by atoms with Gasteiger partial charge in [-0.1, -0.05) is 30.3 Å². The Morgan fingerprint density at radius 3 is 2.67 bits per heavy atom. The standard InChI is InChI=1S/C23H30N4O3/c1-3-30-22(29)20-7-6-14-27(17-20)23(24-2)25-15-18-9-11-19(12-10-18)16-26-13-5-4-8-21(26)28/h4-5,8-13,20H,3,6-7,14-17H2,1-2H3,(H,24,25). The van der Waals surface area contributed by atoms with E-state index in [-0.39, 0.29) is 17.4 Å². The number of nitrogens with zero attached hydrogens (tertiary/aromatic N) is 3. The molecule has 0 saturated carbocycles. The van der Waals surface area contributed by atoms with E-state index in [1.807, 2.05) is 25.1 Å². The van der Waals surface area contributed by atoms with Crippen LogP contribution in [-0.4, -0.2) is 48.1 Å². The smallest absolute Gasteiger partial charge is 0.310 e. The van der Waals surface area contributed by atoms with Gasteiger partial charge in [0, 0.05) is 38.9 Å². The zero-order valence-corrected chi connectivity index (χ0v) is 17.7. The number of piperidine rings is 1. The lowest BCUT2D eigenvalue weighted by Crippen LogP contribution is -2.48. The van der Waals surface area contributed by atoms with Crippen LogP contribution in [0.2, 0.25) is 0 Å². The molecule has 0 bridgehead atoms.